The Balaban J connectivity index is 2.73. The zero-order valence-corrected chi connectivity index (χ0v) is 12.4. The molecule has 20 heavy (non-hydrogen) atoms. The van der Waals surface area contributed by atoms with E-state index in [2.05, 4.69) is 30.3 Å². The van der Waals surface area contributed by atoms with Crippen molar-refractivity contribution >= 4 is 0 Å². The summed E-state index contributed by atoms with van der Waals surface area (Å²) < 4.78 is 13.9. The Labute approximate surface area is 122 Å². The smallest absolute Gasteiger partial charge is 0.127 e. The van der Waals surface area contributed by atoms with Gasteiger partial charge in [-0.2, -0.15) is 0 Å². The van der Waals surface area contributed by atoms with Crippen LogP contribution < -0.4 is 5.32 Å². The highest BCUT2D eigenvalue weighted by molar-refractivity contribution is 5.25. The first-order valence-corrected chi connectivity index (χ1v) is 7.13. The predicted octanol–water partition coefficient (Wildman–Crippen LogP) is 3.50. The second kappa shape index (κ2) is 9.45. The second-order valence-electron chi connectivity index (χ2n) is 4.87. The molecule has 0 heterocycles. The molecule has 0 aromatic heterocycles. The molecule has 0 aliphatic heterocycles. The van der Waals surface area contributed by atoms with E-state index < -0.39 is 0 Å². The molecule has 0 amide bonds. The van der Waals surface area contributed by atoms with E-state index in [4.69, 9.17) is 0 Å². The summed E-state index contributed by atoms with van der Waals surface area (Å²) >= 11 is 0. The monoisotopic (exact) mass is 276 g/mol. The largest absolute Gasteiger partial charge is 0.313 e. The lowest BCUT2D eigenvalue weighted by Gasteiger charge is -2.19. The van der Waals surface area contributed by atoms with Crippen LogP contribution in [0.15, 0.2) is 43.5 Å². The third-order valence-corrected chi connectivity index (χ3v) is 3.03. The van der Waals surface area contributed by atoms with E-state index in [-0.39, 0.29) is 5.82 Å². The molecule has 1 rings (SSSR count). The highest BCUT2D eigenvalue weighted by Crippen LogP contribution is 2.13. The van der Waals surface area contributed by atoms with Gasteiger partial charge in [0.15, 0.2) is 0 Å². The van der Waals surface area contributed by atoms with Crippen LogP contribution in [0.2, 0.25) is 0 Å². The van der Waals surface area contributed by atoms with Crippen LogP contribution in [0.4, 0.5) is 4.39 Å². The molecule has 0 saturated carbocycles. The molecule has 110 valence electrons. The molecule has 0 atom stereocenters. The Kier molecular flexibility index (Phi) is 7.85. The van der Waals surface area contributed by atoms with Crippen LogP contribution in [0, 0.1) is 5.82 Å². The number of benzene rings is 1. The van der Waals surface area contributed by atoms with E-state index in [1.54, 1.807) is 6.07 Å². The van der Waals surface area contributed by atoms with E-state index in [1.807, 2.05) is 24.3 Å². The first-order valence-electron chi connectivity index (χ1n) is 7.13. The molecule has 0 spiro atoms. The van der Waals surface area contributed by atoms with Crippen molar-refractivity contribution < 1.29 is 4.39 Å². The van der Waals surface area contributed by atoms with Crippen molar-refractivity contribution in [2.24, 2.45) is 0 Å². The topological polar surface area (TPSA) is 15.3 Å². The average Bonchev–Trinajstić information content (AvgIpc) is 2.43. The van der Waals surface area contributed by atoms with Gasteiger partial charge in [-0.25, -0.2) is 4.39 Å². The second-order valence-corrected chi connectivity index (χ2v) is 4.87. The molecule has 1 N–H and O–H groups in total. The van der Waals surface area contributed by atoms with Gasteiger partial charge in [-0.3, -0.25) is 4.90 Å². The van der Waals surface area contributed by atoms with Gasteiger partial charge in [0, 0.05) is 31.7 Å². The van der Waals surface area contributed by atoms with Crippen LogP contribution in [0.25, 0.3) is 0 Å². The minimum Gasteiger partial charge on any atom is -0.313 e. The molecule has 1 aromatic rings. The van der Waals surface area contributed by atoms with Gasteiger partial charge in [0.1, 0.15) is 5.82 Å². The van der Waals surface area contributed by atoms with Crippen LogP contribution in [0.1, 0.15) is 24.5 Å². The number of nitrogens with zero attached hydrogens (tertiary/aromatic N) is 1. The van der Waals surface area contributed by atoms with E-state index >= 15 is 0 Å². The fourth-order valence-electron chi connectivity index (χ4n) is 2.08. The maximum Gasteiger partial charge on any atom is 0.127 e. The molecular formula is C17H25FN2. The van der Waals surface area contributed by atoms with E-state index in [1.165, 1.54) is 0 Å². The van der Waals surface area contributed by atoms with Crippen molar-refractivity contribution in [3.8, 4) is 0 Å². The Morgan fingerprint density at radius 2 is 1.95 bits per heavy atom. The van der Waals surface area contributed by atoms with Gasteiger partial charge in [0.25, 0.3) is 0 Å². The van der Waals surface area contributed by atoms with Crippen LogP contribution in [0.5, 0.6) is 0 Å². The molecule has 0 saturated heterocycles. The normalized spacial score (nSPS) is 10.8. The molecule has 0 unspecified atom stereocenters. The summed E-state index contributed by atoms with van der Waals surface area (Å²) in [6, 6.07) is 5.34. The van der Waals surface area contributed by atoms with Gasteiger partial charge in [0.2, 0.25) is 0 Å². The van der Waals surface area contributed by atoms with Crippen molar-refractivity contribution in [1.29, 1.82) is 0 Å². The zero-order chi connectivity index (χ0) is 14.8. The standard InChI is InChI=1S/C17H25FN2/c1-4-9-19-13-15-7-8-17(18)16(12-15)14-20(10-5-2)11-6-3/h5-8,12,19H,2-4,9-11,13-14H2,1H3. The van der Waals surface area contributed by atoms with E-state index in [0.29, 0.717) is 6.54 Å². The molecule has 3 heteroatoms. The number of rotatable bonds is 10. The first-order chi connectivity index (χ1) is 9.71. The fourth-order valence-corrected chi connectivity index (χ4v) is 2.08. The third kappa shape index (κ3) is 5.68. The summed E-state index contributed by atoms with van der Waals surface area (Å²) in [6.45, 7) is 13.4. The van der Waals surface area contributed by atoms with Gasteiger partial charge in [-0.1, -0.05) is 31.2 Å². The number of hydrogen-bond donors (Lipinski definition) is 1. The van der Waals surface area contributed by atoms with Gasteiger partial charge in [-0.15, -0.1) is 13.2 Å². The van der Waals surface area contributed by atoms with Gasteiger partial charge >= 0.3 is 0 Å². The highest BCUT2D eigenvalue weighted by atomic mass is 19.1. The minimum atomic E-state index is -0.151. The summed E-state index contributed by atoms with van der Waals surface area (Å²) in [6.07, 6.45) is 4.75. The number of halogens is 1. The average molecular weight is 276 g/mol. The molecule has 0 radical (unpaired) electrons. The van der Waals surface area contributed by atoms with Crippen molar-refractivity contribution in [2.45, 2.75) is 26.4 Å². The van der Waals surface area contributed by atoms with Crippen molar-refractivity contribution in [3.05, 3.63) is 60.5 Å². The van der Waals surface area contributed by atoms with Crippen LogP contribution in [-0.4, -0.2) is 24.5 Å². The quantitative estimate of drug-likeness (QED) is 0.520. The van der Waals surface area contributed by atoms with Crippen molar-refractivity contribution in [3.63, 3.8) is 0 Å². The minimum absolute atomic E-state index is 0.151. The summed E-state index contributed by atoms with van der Waals surface area (Å²) in [7, 11) is 0. The predicted molar refractivity (Wildman–Crippen MR) is 84.1 cm³/mol. The lowest BCUT2D eigenvalue weighted by atomic mass is 10.1. The Morgan fingerprint density at radius 3 is 2.55 bits per heavy atom. The zero-order valence-electron chi connectivity index (χ0n) is 12.4. The first kappa shape index (κ1) is 16.6. The highest BCUT2D eigenvalue weighted by Gasteiger charge is 2.08. The fraction of sp³-hybridized carbons (Fsp3) is 0.412. The molecule has 0 aliphatic rings. The summed E-state index contributed by atoms with van der Waals surface area (Å²) in [5.74, 6) is -0.151. The molecule has 2 nitrogen and oxygen atoms in total. The maximum absolute atomic E-state index is 13.9. The van der Waals surface area contributed by atoms with E-state index in [9.17, 15) is 4.39 Å². The lowest BCUT2D eigenvalue weighted by molar-refractivity contribution is 0.322. The maximum atomic E-state index is 13.9. The molecule has 0 bridgehead atoms. The van der Waals surface area contributed by atoms with Crippen LogP contribution in [-0.2, 0) is 13.1 Å². The van der Waals surface area contributed by atoms with Crippen molar-refractivity contribution in [1.82, 2.24) is 10.2 Å². The van der Waals surface area contributed by atoms with Crippen molar-refractivity contribution in [2.75, 3.05) is 19.6 Å². The molecule has 1 aromatic carbocycles. The molecular weight excluding hydrogens is 251 g/mol. The van der Waals surface area contributed by atoms with Gasteiger partial charge < -0.3 is 5.32 Å². The lowest BCUT2D eigenvalue weighted by Crippen LogP contribution is -2.24. The van der Waals surface area contributed by atoms with Gasteiger partial charge in [-0.05, 0) is 24.6 Å². The Morgan fingerprint density at radius 1 is 1.25 bits per heavy atom. The SMILES string of the molecule is C=CCN(CC=C)Cc1cc(CNCCC)ccc1F. The number of nitrogens with one attached hydrogen (secondary N) is 1. The van der Waals surface area contributed by atoms with Crippen LogP contribution in [0.3, 0.4) is 0 Å². The Hall–Kier alpha value is -1.45. The third-order valence-electron chi connectivity index (χ3n) is 3.03. The van der Waals surface area contributed by atoms with E-state index in [0.717, 1.165) is 43.7 Å². The van der Waals surface area contributed by atoms with Gasteiger partial charge in [0.05, 0.1) is 0 Å². The Bertz CT molecular complexity index is 419. The number of hydrogen-bond acceptors (Lipinski definition) is 2. The van der Waals surface area contributed by atoms with Crippen LogP contribution >= 0.6 is 0 Å². The summed E-state index contributed by atoms with van der Waals surface area (Å²) in [5, 5.41) is 3.33. The molecule has 0 aliphatic carbocycles. The summed E-state index contributed by atoms with van der Waals surface area (Å²) in [4.78, 5) is 2.10. The summed E-state index contributed by atoms with van der Waals surface area (Å²) in [5.41, 5.74) is 1.84. The molecule has 0 fully saturated rings.